The topological polar surface area (TPSA) is 54.5 Å². The fourth-order valence-corrected chi connectivity index (χ4v) is 2.69. The Bertz CT molecular complexity index is 786. The highest BCUT2D eigenvalue weighted by Gasteiger charge is 2.26. The van der Waals surface area contributed by atoms with E-state index in [9.17, 15) is 9.18 Å². The van der Waals surface area contributed by atoms with Crippen molar-refractivity contribution in [2.24, 2.45) is 0 Å². The third-order valence-corrected chi connectivity index (χ3v) is 3.84. The predicted molar refractivity (Wildman–Crippen MR) is 94.3 cm³/mol. The molecule has 0 saturated heterocycles. The Morgan fingerprint density at radius 1 is 1.32 bits per heavy atom. The Morgan fingerprint density at radius 3 is 2.80 bits per heavy atom. The number of para-hydroxylation sites is 1. The maximum atomic E-state index is 13.8. The van der Waals surface area contributed by atoms with E-state index in [0.29, 0.717) is 30.9 Å². The number of aromatic nitrogens is 1. The van der Waals surface area contributed by atoms with Gasteiger partial charge < -0.3 is 15.0 Å². The lowest BCUT2D eigenvalue weighted by molar-refractivity contribution is 0.0223. The summed E-state index contributed by atoms with van der Waals surface area (Å²) < 4.78 is 19.2. The van der Waals surface area contributed by atoms with E-state index >= 15 is 0 Å². The van der Waals surface area contributed by atoms with Gasteiger partial charge in [-0.1, -0.05) is 12.1 Å². The molecule has 2 aromatic rings. The summed E-state index contributed by atoms with van der Waals surface area (Å²) in [6, 6.07) is 8.39. The highest BCUT2D eigenvalue weighted by molar-refractivity contribution is 5.69. The molecule has 1 amide bonds. The van der Waals surface area contributed by atoms with Crippen LogP contribution in [-0.2, 0) is 17.7 Å². The number of nitrogens with zero attached hydrogens (tertiary/aromatic N) is 2. The number of pyridine rings is 1. The number of fused-ring (bicyclic) bond motifs is 1. The van der Waals surface area contributed by atoms with Crippen LogP contribution >= 0.6 is 0 Å². The van der Waals surface area contributed by atoms with E-state index in [4.69, 9.17) is 4.74 Å². The Balaban J connectivity index is 1.75. The molecule has 3 rings (SSSR count). The second-order valence-electron chi connectivity index (χ2n) is 7.09. The van der Waals surface area contributed by atoms with Gasteiger partial charge in [-0.3, -0.25) is 4.98 Å². The number of halogens is 1. The summed E-state index contributed by atoms with van der Waals surface area (Å²) in [6.45, 7) is 6.56. The number of hydrogen-bond acceptors (Lipinski definition) is 4. The van der Waals surface area contributed by atoms with Crippen molar-refractivity contribution in [3.05, 3.63) is 53.6 Å². The van der Waals surface area contributed by atoms with E-state index in [-0.39, 0.29) is 11.9 Å². The molecular weight excluding hydrogens is 321 g/mol. The van der Waals surface area contributed by atoms with Crippen molar-refractivity contribution in [3.8, 4) is 0 Å². The van der Waals surface area contributed by atoms with E-state index < -0.39 is 5.60 Å². The summed E-state index contributed by atoms with van der Waals surface area (Å²) in [6.07, 6.45) is 2.04. The maximum Gasteiger partial charge on any atom is 0.410 e. The van der Waals surface area contributed by atoms with Crippen LogP contribution in [0.3, 0.4) is 0 Å². The predicted octanol–water partition coefficient (Wildman–Crippen LogP) is 4.26. The summed E-state index contributed by atoms with van der Waals surface area (Å²) in [7, 11) is 0. The van der Waals surface area contributed by atoms with Crippen molar-refractivity contribution in [2.45, 2.75) is 39.3 Å². The van der Waals surface area contributed by atoms with Crippen LogP contribution in [0.5, 0.6) is 0 Å². The maximum absolute atomic E-state index is 13.8. The van der Waals surface area contributed by atoms with Crippen molar-refractivity contribution in [1.82, 2.24) is 9.88 Å². The number of carbonyl (C=O) groups is 1. The van der Waals surface area contributed by atoms with Gasteiger partial charge in [-0.25, -0.2) is 9.18 Å². The normalized spacial score (nSPS) is 14.0. The summed E-state index contributed by atoms with van der Waals surface area (Å²) >= 11 is 0. The molecule has 1 N–H and O–H groups in total. The van der Waals surface area contributed by atoms with Gasteiger partial charge in [0.05, 0.1) is 24.1 Å². The molecular formula is C19H22FN3O2. The number of rotatable bonds is 2. The van der Waals surface area contributed by atoms with E-state index in [1.54, 1.807) is 29.3 Å². The third-order valence-electron chi connectivity index (χ3n) is 3.84. The zero-order chi connectivity index (χ0) is 18.0. The van der Waals surface area contributed by atoms with Crippen molar-refractivity contribution in [3.63, 3.8) is 0 Å². The molecule has 6 heteroatoms. The van der Waals surface area contributed by atoms with Gasteiger partial charge in [-0.05, 0) is 44.5 Å². The molecule has 25 heavy (non-hydrogen) atoms. The number of nitrogens with one attached hydrogen (secondary N) is 1. The Hall–Kier alpha value is -2.63. The zero-order valence-corrected chi connectivity index (χ0v) is 14.7. The van der Waals surface area contributed by atoms with Crippen LogP contribution in [0.2, 0.25) is 0 Å². The Kier molecular flexibility index (Phi) is 4.61. The molecule has 0 radical (unpaired) electrons. The molecule has 0 fully saturated rings. The van der Waals surface area contributed by atoms with E-state index in [1.165, 1.54) is 6.07 Å². The highest BCUT2D eigenvalue weighted by Crippen LogP contribution is 2.25. The number of ether oxygens (including phenoxy) is 1. The lowest BCUT2D eigenvalue weighted by Crippen LogP contribution is -2.40. The number of hydrogen-bond donors (Lipinski definition) is 1. The SMILES string of the molecule is CC(C)(C)OC(=O)N1CCc2ncc(Nc3ccccc3F)cc2C1. The summed E-state index contributed by atoms with van der Waals surface area (Å²) in [5.41, 5.74) is 2.46. The van der Waals surface area contributed by atoms with Gasteiger partial charge in [0.1, 0.15) is 11.4 Å². The quantitative estimate of drug-likeness (QED) is 0.885. The number of benzene rings is 1. The Morgan fingerprint density at radius 2 is 2.08 bits per heavy atom. The molecule has 0 unspecified atom stereocenters. The lowest BCUT2D eigenvalue weighted by Gasteiger charge is -2.31. The van der Waals surface area contributed by atoms with Gasteiger partial charge in [0.25, 0.3) is 0 Å². The van der Waals surface area contributed by atoms with Crippen molar-refractivity contribution in [2.75, 3.05) is 11.9 Å². The molecule has 5 nitrogen and oxygen atoms in total. The molecule has 2 heterocycles. The van der Waals surface area contributed by atoms with Gasteiger partial charge in [0.2, 0.25) is 0 Å². The summed E-state index contributed by atoms with van der Waals surface area (Å²) in [5.74, 6) is -0.324. The molecule has 1 aliphatic rings. The number of amides is 1. The fraction of sp³-hybridized carbons (Fsp3) is 0.368. The second kappa shape index (κ2) is 6.70. The first kappa shape index (κ1) is 17.2. The van der Waals surface area contributed by atoms with Crippen LogP contribution < -0.4 is 5.32 Å². The van der Waals surface area contributed by atoms with Crippen LogP contribution in [-0.4, -0.2) is 28.1 Å². The van der Waals surface area contributed by atoms with Gasteiger partial charge >= 0.3 is 6.09 Å². The van der Waals surface area contributed by atoms with Crippen molar-refractivity contribution >= 4 is 17.5 Å². The third kappa shape index (κ3) is 4.26. The van der Waals surface area contributed by atoms with E-state index in [0.717, 1.165) is 11.3 Å². The summed E-state index contributed by atoms with van der Waals surface area (Å²) in [5, 5.41) is 3.03. The van der Waals surface area contributed by atoms with Crippen LogP contribution in [0.25, 0.3) is 0 Å². The van der Waals surface area contributed by atoms with E-state index in [2.05, 4.69) is 10.3 Å². The first-order valence-electron chi connectivity index (χ1n) is 8.29. The average Bonchev–Trinajstić information content (AvgIpc) is 2.55. The molecule has 1 aliphatic heterocycles. The van der Waals surface area contributed by atoms with Gasteiger partial charge in [-0.2, -0.15) is 0 Å². The fourth-order valence-electron chi connectivity index (χ4n) is 2.69. The average molecular weight is 343 g/mol. The lowest BCUT2D eigenvalue weighted by atomic mass is 10.1. The van der Waals surface area contributed by atoms with Crippen molar-refractivity contribution < 1.29 is 13.9 Å². The van der Waals surface area contributed by atoms with Crippen LogP contribution in [0.4, 0.5) is 20.6 Å². The first-order valence-corrected chi connectivity index (χ1v) is 8.29. The van der Waals surface area contributed by atoms with E-state index in [1.807, 2.05) is 26.8 Å². The first-order chi connectivity index (χ1) is 11.8. The molecule has 0 bridgehead atoms. The van der Waals surface area contributed by atoms with Gasteiger partial charge in [0.15, 0.2) is 0 Å². The minimum absolute atomic E-state index is 0.324. The number of anilines is 2. The van der Waals surface area contributed by atoms with Gasteiger partial charge in [0, 0.05) is 18.7 Å². The van der Waals surface area contributed by atoms with Gasteiger partial charge in [-0.15, -0.1) is 0 Å². The molecule has 0 saturated carbocycles. The summed E-state index contributed by atoms with van der Waals surface area (Å²) in [4.78, 5) is 18.4. The molecule has 0 spiro atoms. The van der Waals surface area contributed by atoms with Crippen LogP contribution in [0.15, 0.2) is 36.5 Å². The molecule has 0 atom stereocenters. The molecule has 1 aromatic carbocycles. The standard InChI is InChI=1S/C19H22FN3O2/c1-19(2,3)25-18(24)23-9-8-16-13(12-23)10-14(11-21-16)22-17-7-5-4-6-15(17)20/h4-7,10-11,22H,8-9,12H2,1-3H3. The molecule has 132 valence electrons. The molecule has 1 aromatic heterocycles. The number of carbonyl (C=O) groups excluding carboxylic acids is 1. The smallest absolute Gasteiger partial charge is 0.410 e. The minimum Gasteiger partial charge on any atom is -0.444 e. The van der Waals surface area contributed by atoms with Crippen LogP contribution in [0.1, 0.15) is 32.0 Å². The van der Waals surface area contributed by atoms with Crippen LogP contribution in [0, 0.1) is 5.82 Å². The monoisotopic (exact) mass is 343 g/mol. The molecule has 0 aliphatic carbocycles. The Labute approximate surface area is 146 Å². The minimum atomic E-state index is -0.524. The largest absolute Gasteiger partial charge is 0.444 e. The zero-order valence-electron chi connectivity index (χ0n) is 14.7. The second-order valence-corrected chi connectivity index (χ2v) is 7.09. The van der Waals surface area contributed by atoms with Crippen molar-refractivity contribution in [1.29, 1.82) is 0 Å². The highest BCUT2D eigenvalue weighted by atomic mass is 19.1.